The maximum absolute atomic E-state index is 12.3. The summed E-state index contributed by atoms with van der Waals surface area (Å²) < 4.78 is 10.9. The number of aryl methyl sites for hydroxylation is 2. The van der Waals surface area contributed by atoms with Gasteiger partial charge in [-0.15, -0.1) is 0 Å². The number of carbonyl (C=O) groups is 1. The minimum Gasteiger partial charge on any atom is -0.491 e. The number of amides is 1. The number of para-hydroxylation sites is 1. The lowest BCUT2D eigenvalue weighted by molar-refractivity contribution is 0.0948. The Bertz CT molecular complexity index is 661. The van der Waals surface area contributed by atoms with E-state index in [0.717, 1.165) is 16.9 Å². The summed E-state index contributed by atoms with van der Waals surface area (Å²) >= 11 is 0. The fourth-order valence-corrected chi connectivity index (χ4v) is 2.34. The summed E-state index contributed by atoms with van der Waals surface area (Å²) in [6.45, 7) is 6.03. The van der Waals surface area contributed by atoms with Gasteiger partial charge in [0, 0.05) is 17.7 Å². The third-order valence-corrected chi connectivity index (χ3v) is 3.55. The number of rotatable bonds is 6. The number of hydrogen-bond acceptors (Lipinski definition) is 4. The third-order valence-electron chi connectivity index (χ3n) is 3.55. The Morgan fingerprint density at radius 2 is 1.95 bits per heavy atom. The molecular weight excluding hydrogens is 282 g/mol. The molecule has 1 aromatic carbocycles. The Labute approximate surface area is 129 Å². The highest BCUT2D eigenvalue weighted by Crippen LogP contribution is 2.21. The van der Waals surface area contributed by atoms with Gasteiger partial charge in [-0.2, -0.15) is 0 Å². The van der Waals surface area contributed by atoms with E-state index < -0.39 is 0 Å². The van der Waals surface area contributed by atoms with Crippen molar-refractivity contribution in [3.8, 4) is 5.75 Å². The van der Waals surface area contributed by atoms with Crippen LogP contribution in [0.2, 0.25) is 0 Å². The largest absolute Gasteiger partial charge is 0.491 e. The second-order valence-corrected chi connectivity index (χ2v) is 5.08. The lowest BCUT2D eigenvalue weighted by Gasteiger charge is -2.11. The first-order chi connectivity index (χ1) is 10.5. The van der Waals surface area contributed by atoms with Crippen molar-refractivity contribution in [2.24, 2.45) is 0 Å². The molecule has 0 atom stereocenters. The number of benzene rings is 1. The Morgan fingerprint density at radius 3 is 2.59 bits per heavy atom. The third kappa shape index (κ3) is 3.49. The van der Waals surface area contributed by atoms with E-state index in [-0.39, 0.29) is 19.1 Å². The van der Waals surface area contributed by atoms with Crippen molar-refractivity contribution in [2.45, 2.75) is 27.3 Å². The van der Waals surface area contributed by atoms with E-state index in [1.54, 1.807) is 6.92 Å². The predicted molar refractivity (Wildman–Crippen MR) is 83.1 cm³/mol. The topological polar surface area (TPSA) is 71.7 Å². The molecule has 5 heteroatoms. The van der Waals surface area contributed by atoms with Gasteiger partial charge in [0.15, 0.2) is 0 Å². The van der Waals surface area contributed by atoms with Crippen LogP contribution in [0.3, 0.4) is 0 Å². The van der Waals surface area contributed by atoms with Crippen LogP contribution in [0, 0.1) is 20.8 Å². The van der Waals surface area contributed by atoms with Gasteiger partial charge in [0.1, 0.15) is 23.9 Å². The van der Waals surface area contributed by atoms with Crippen molar-refractivity contribution < 1.29 is 19.1 Å². The zero-order valence-corrected chi connectivity index (χ0v) is 13.1. The summed E-state index contributed by atoms with van der Waals surface area (Å²) in [5.41, 5.74) is 2.31. The Kier molecular flexibility index (Phi) is 5.22. The molecule has 0 aliphatic heterocycles. The highest BCUT2D eigenvalue weighted by molar-refractivity contribution is 5.96. The van der Waals surface area contributed by atoms with Gasteiger partial charge < -0.3 is 19.6 Å². The monoisotopic (exact) mass is 303 g/mol. The molecule has 1 aromatic heterocycles. The molecule has 118 valence electrons. The molecule has 0 aliphatic rings. The molecule has 1 amide bonds. The van der Waals surface area contributed by atoms with Crippen molar-refractivity contribution in [3.05, 3.63) is 52.5 Å². The fourth-order valence-electron chi connectivity index (χ4n) is 2.34. The summed E-state index contributed by atoms with van der Waals surface area (Å²) in [6.07, 6.45) is 0. The molecule has 0 spiro atoms. The summed E-state index contributed by atoms with van der Waals surface area (Å²) in [7, 11) is 0. The van der Waals surface area contributed by atoms with Gasteiger partial charge in [0.25, 0.3) is 5.91 Å². The first kappa shape index (κ1) is 16.1. The predicted octanol–water partition coefficient (Wildman–Crippen LogP) is 2.51. The molecule has 0 saturated carbocycles. The second kappa shape index (κ2) is 7.13. The maximum Gasteiger partial charge on any atom is 0.255 e. The number of ether oxygens (including phenoxy) is 1. The van der Waals surface area contributed by atoms with E-state index in [4.69, 9.17) is 14.3 Å². The highest BCUT2D eigenvalue weighted by atomic mass is 16.5. The lowest BCUT2D eigenvalue weighted by Crippen LogP contribution is -2.24. The molecule has 2 rings (SSSR count). The molecule has 0 fully saturated rings. The first-order valence-electron chi connectivity index (χ1n) is 7.21. The number of aliphatic hydroxyl groups is 1. The first-order valence-corrected chi connectivity index (χ1v) is 7.21. The van der Waals surface area contributed by atoms with Gasteiger partial charge in [-0.05, 0) is 26.8 Å². The molecule has 1 heterocycles. The van der Waals surface area contributed by atoms with Crippen LogP contribution in [0.4, 0.5) is 0 Å². The lowest BCUT2D eigenvalue weighted by atomic mass is 10.1. The van der Waals surface area contributed by atoms with Crippen molar-refractivity contribution in [1.82, 2.24) is 5.32 Å². The van der Waals surface area contributed by atoms with Crippen molar-refractivity contribution in [3.63, 3.8) is 0 Å². The smallest absolute Gasteiger partial charge is 0.255 e. The molecule has 2 N–H and O–H groups in total. The Hall–Kier alpha value is -2.27. The normalized spacial score (nSPS) is 10.5. The van der Waals surface area contributed by atoms with Crippen LogP contribution in [0.5, 0.6) is 5.75 Å². The minimum atomic E-state index is -0.163. The van der Waals surface area contributed by atoms with Crippen molar-refractivity contribution >= 4 is 5.91 Å². The molecule has 0 bridgehead atoms. The van der Waals surface area contributed by atoms with Gasteiger partial charge >= 0.3 is 0 Å². The number of aliphatic hydroxyl groups excluding tert-OH is 1. The second-order valence-electron chi connectivity index (χ2n) is 5.08. The van der Waals surface area contributed by atoms with E-state index in [0.29, 0.717) is 23.6 Å². The summed E-state index contributed by atoms with van der Waals surface area (Å²) in [6, 6.07) is 7.43. The van der Waals surface area contributed by atoms with Gasteiger partial charge in [-0.3, -0.25) is 4.79 Å². The van der Waals surface area contributed by atoms with Crippen LogP contribution in [0.25, 0.3) is 0 Å². The maximum atomic E-state index is 12.3. The number of hydrogen-bond donors (Lipinski definition) is 2. The standard InChI is InChI=1S/C17H21NO4/c1-11-12(2)22-13(3)16(11)17(20)18-10-14-6-4-5-7-15(14)21-9-8-19/h4-7,19H,8-10H2,1-3H3,(H,18,20). The minimum absolute atomic E-state index is 0.0482. The zero-order valence-electron chi connectivity index (χ0n) is 13.1. The van der Waals surface area contributed by atoms with E-state index in [2.05, 4.69) is 5.32 Å². The van der Waals surface area contributed by atoms with Gasteiger partial charge in [-0.25, -0.2) is 0 Å². The Balaban J connectivity index is 2.08. The van der Waals surface area contributed by atoms with Crippen molar-refractivity contribution in [2.75, 3.05) is 13.2 Å². The number of furan rings is 1. The molecule has 0 saturated heterocycles. The van der Waals surface area contributed by atoms with Crippen LogP contribution in [-0.4, -0.2) is 24.2 Å². The molecule has 22 heavy (non-hydrogen) atoms. The van der Waals surface area contributed by atoms with Gasteiger partial charge in [0.05, 0.1) is 12.2 Å². The van der Waals surface area contributed by atoms with Gasteiger partial charge in [0.2, 0.25) is 0 Å². The zero-order chi connectivity index (χ0) is 16.1. The van der Waals surface area contributed by atoms with Crippen LogP contribution in [-0.2, 0) is 6.54 Å². The number of carbonyl (C=O) groups excluding carboxylic acids is 1. The van der Waals surface area contributed by atoms with E-state index in [9.17, 15) is 4.79 Å². The highest BCUT2D eigenvalue weighted by Gasteiger charge is 2.18. The van der Waals surface area contributed by atoms with Crippen LogP contribution in [0.15, 0.2) is 28.7 Å². The summed E-state index contributed by atoms with van der Waals surface area (Å²) in [5.74, 6) is 1.88. The van der Waals surface area contributed by atoms with Crippen LogP contribution >= 0.6 is 0 Å². The average Bonchev–Trinajstić information content (AvgIpc) is 2.76. The summed E-state index contributed by atoms with van der Waals surface area (Å²) in [4.78, 5) is 12.3. The molecule has 2 aromatic rings. The molecule has 0 radical (unpaired) electrons. The molecule has 0 unspecified atom stereocenters. The fraction of sp³-hybridized carbons (Fsp3) is 0.353. The van der Waals surface area contributed by atoms with Gasteiger partial charge in [-0.1, -0.05) is 18.2 Å². The average molecular weight is 303 g/mol. The summed E-state index contributed by atoms with van der Waals surface area (Å²) in [5, 5.41) is 11.7. The van der Waals surface area contributed by atoms with Crippen LogP contribution < -0.4 is 10.1 Å². The molecule has 5 nitrogen and oxygen atoms in total. The van der Waals surface area contributed by atoms with E-state index in [1.807, 2.05) is 38.1 Å². The van der Waals surface area contributed by atoms with E-state index in [1.165, 1.54) is 0 Å². The SMILES string of the molecule is Cc1oc(C)c(C(=O)NCc2ccccc2OCCO)c1C. The number of nitrogens with one attached hydrogen (secondary N) is 1. The van der Waals surface area contributed by atoms with Crippen molar-refractivity contribution in [1.29, 1.82) is 0 Å². The quantitative estimate of drug-likeness (QED) is 0.860. The van der Waals surface area contributed by atoms with E-state index >= 15 is 0 Å². The van der Waals surface area contributed by atoms with Crippen LogP contribution in [0.1, 0.15) is 33.0 Å². The molecular formula is C17H21NO4. The Morgan fingerprint density at radius 1 is 1.23 bits per heavy atom. The molecule has 0 aliphatic carbocycles.